The van der Waals surface area contributed by atoms with Crippen LogP contribution in [0.4, 0.5) is 0 Å². The SMILES string of the molecule is CC(=O)c1c(Cl)nc2ccc(C)cc2c1-c1ccccc1. The first-order valence-corrected chi connectivity index (χ1v) is 7.12. The first-order valence-electron chi connectivity index (χ1n) is 6.74. The molecular weight excluding hydrogens is 282 g/mol. The lowest BCUT2D eigenvalue weighted by molar-refractivity contribution is 0.101. The number of aryl methyl sites for hydroxylation is 1. The van der Waals surface area contributed by atoms with Gasteiger partial charge in [0.05, 0.1) is 11.1 Å². The average molecular weight is 296 g/mol. The second-order valence-corrected chi connectivity index (χ2v) is 5.45. The topological polar surface area (TPSA) is 30.0 Å². The lowest BCUT2D eigenvalue weighted by atomic mass is 9.94. The van der Waals surface area contributed by atoms with Gasteiger partial charge >= 0.3 is 0 Å². The fourth-order valence-electron chi connectivity index (χ4n) is 2.57. The van der Waals surface area contributed by atoms with E-state index in [1.165, 1.54) is 6.92 Å². The maximum atomic E-state index is 12.1. The molecule has 0 unspecified atom stereocenters. The van der Waals surface area contributed by atoms with Crippen LogP contribution in [0.2, 0.25) is 5.15 Å². The molecule has 0 saturated heterocycles. The van der Waals surface area contributed by atoms with E-state index in [0.717, 1.165) is 27.6 Å². The third kappa shape index (κ3) is 2.43. The molecule has 3 rings (SSSR count). The van der Waals surface area contributed by atoms with Crippen LogP contribution in [0.1, 0.15) is 22.8 Å². The van der Waals surface area contributed by atoms with E-state index in [-0.39, 0.29) is 10.9 Å². The summed E-state index contributed by atoms with van der Waals surface area (Å²) in [6, 6.07) is 15.8. The summed E-state index contributed by atoms with van der Waals surface area (Å²) in [5.74, 6) is -0.0743. The minimum atomic E-state index is -0.0743. The molecule has 3 aromatic rings. The first-order chi connectivity index (χ1) is 10.1. The van der Waals surface area contributed by atoms with Gasteiger partial charge in [0.15, 0.2) is 5.78 Å². The summed E-state index contributed by atoms with van der Waals surface area (Å²) in [6.07, 6.45) is 0. The Morgan fingerprint density at radius 2 is 1.81 bits per heavy atom. The zero-order valence-corrected chi connectivity index (χ0v) is 12.6. The molecule has 2 aromatic carbocycles. The summed E-state index contributed by atoms with van der Waals surface area (Å²) in [4.78, 5) is 16.4. The Kier molecular flexibility index (Phi) is 3.48. The smallest absolute Gasteiger partial charge is 0.163 e. The van der Waals surface area contributed by atoms with Crippen LogP contribution in [-0.4, -0.2) is 10.8 Å². The molecule has 21 heavy (non-hydrogen) atoms. The molecule has 0 saturated carbocycles. The summed E-state index contributed by atoms with van der Waals surface area (Å²) in [5, 5.41) is 1.22. The molecule has 0 aliphatic carbocycles. The van der Waals surface area contributed by atoms with E-state index in [0.29, 0.717) is 5.56 Å². The van der Waals surface area contributed by atoms with Gasteiger partial charge in [-0.2, -0.15) is 0 Å². The number of benzene rings is 2. The summed E-state index contributed by atoms with van der Waals surface area (Å²) >= 11 is 6.26. The molecule has 2 nitrogen and oxygen atoms in total. The Morgan fingerprint density at radius 3 is 2.48 bits per heavy atom. The number of carbonyl (C=O) groups excluding carboxylic acids is 1. The molecule has 0 N–H and O–H groups in total. The third-order valence-electron chi connectivity index (χ3n) is 3.51. The monoisotopic (exact) mass is 295 g/mol. The van der Waals surface area contributed by atoms with Crippen LogP contribution in [0.3, 0.4) is 0 Å². The highest BCUT2D eigenvalue weighted by Crippen LogP contribution is 2.35. The maximum Gasteiger partial charge on any atom is 0.163 e. The maximum absolute atomic E-state index is 12.1. The van der Waals surface area contributed by atoms with Gasteiger partial charge in [0.25, 0.3) is 0 Å². The summed E-state index contributed by atoms with van der Waals surface area (Å²) in [5.41, 5.74) is 4.25. The highest BCUT2D eigenvalue weighted by atomic mass is 35.5. The van der Waals surface area contributed by atoms with Crippen molar-refractivity contribution in [3.8, 4) is 11.1 Å². The summed E-state index contributed by atoms with van der Waals surface area (Å²) < 4.78 is 0. The number of hydrogen-bond acceptors (Lipinski definition) is 2. The molecule has 1 aromatic heterocycles. The van der Waals surface area contributed by atoms with E-state index >= 15 is 0 Å². The molecule has 104 valence electrons. The molecular formula is C18H14ClNO. The number of carbonyl (C=O) groups is 1. The van der Waals surface area contributed by atoms with Crippen LogP contribution in [-0.2, 0) is 0 Å². The number of rotatable bonds is 2. The van der Waals surface area contributed by atoms with Crippen LogP contribution in [0.25, 0.3) is 22.0 Å². The Labute approximate surface area is 128 Å². The van der Waals surface area contributed by atoms with Crippen LogP contribution in [0.5, 0.6) is 0 Å². The van der Waals surface area contributed by atoms with Gasteiger partial charge in [0, 0.05) is 10.9 Å². The van der Waals surface area contributed by atoms with Crippen LogP contribution in [0, 0.1) is 6.92 Å². The Bertz CT molecular complexity index is 841. The number of hydrogen-bond donors (Lipinski definition) is 0. The molecule has 0 amide bonds. The van der Waals surface area contributed by atoms with Crippen molar-refractivity contribution in [2.75, 3.05) is 0 Å². The number of ketones is 1. The third-order valence-corrected chi connectivity index (χ3v) is 3.78. The number of pyridine rings is 1. The first kappa shape index (κ1) is 13.8. The predicted octanol–water partition coefficient (Wildman–Crippen LogP) is 5.07. The van der Waals surface area contributed by atoms with Crippen molar-refractivity contribution in [2.45, 2.75) is 13.8 Å². The number of halogens is 1. The zero-order chi connectivity index (χ0) is 15.0. The van der Waals surface area contributed by atoms with E-state index in [4.69, 9.17) is 11.6 Å². The molecule has 0 bridgehead atoms. The van der Waals surface area contributed by atoms with Gasteiger partial charge in [-0.3, -0.25) is 4.79 Å². The van der Waals surface area contributed by atoms with Crippen LogP contribution in [0.15, 0.2) is 48.5 Å². The lowest BCUT2D eigenvalue weighted by Crippen LogP contribution is -2.01. The highest BCUT2D eigenvalue weighted by molar-refractivity contribution is 6.34. The van der Waals surface area contributed by atoms with Gasteiger partial charge in [-0.05, 0) is 31.5 Å². The number of nitrogens with zero attached hydrogens (tertiary/aromatic N) is 1. The van der Waals surface area contributed by atoms with Crippen molar-refractivity contribution in [1.29, 1.82) is 0 Å². The van der Waals surface area contributed by atoms with Crippen molar-refractivity contribution in [2.24, 2.45) is 0 Å². The minimum Gasteiger partial charge on any atom is -0.294 e. The highest BCUT2D eigenvalue weighted by Gasteiger charge is 2.18. The largest absolute Gasteiger partial charge is 0.294 e. The van der Waals surface area contributed by atoms with Crippen molar-refractivity contribution in [3.63, 3.8) is 0 Å². The van der Waals surface area contributed by atoms with E-state index in [1.54, 1.807) is 0 Å². The summed E-state index contributed by atoms with van der Waals surface area (Å²) in [7, 11) is 0. The quantitative estimate of drug-likeness (QED) is 0.488. The van der Waals surface area contributed by atoms with Gasteiger partial charge < -0.3 is 0 Å². The van der Waals surface area contributed by atoms with Gasteiger partial charge in [-0.1, -0.05) is 53.6 Å². The Morgan fingerprint density at radius 1 is 1.10 bits per heavy atom. The van der Waals surface area contributed by atoms with Crippen molar-refractivity contribution in [1.82, 2.24) is 4.98 Å². The summed E-state index contributed by atoms with van der Waals surface area (Å²) in [6.45, 7) is 3.55. The van der Waals surface area contributed by atoms with E-state index in [2.05, 4.69) is 4.98 Å². The molecule has 0 radical (unpaired) electrons. The van der Waals surface area contributed by atoms with Crippen molar-refractivity contribution >= 4 is 28.3 Å². The van der Waals surface area contributed by atoms with Gasteiger partial charge in [0.2, 0.25) is 0 Å². The molecule has 1 heterocycles. The number of Topliss-reactive ketones (excluding diaryl/α,β-unsaturated/α-hetero) is 1. The normalized spacial score (nSPS) is 10.8. The van der Waals surface area contributed by atoms with Gasteiger partial charge in [-0.15, -0.1) is 0 Å². The molecule has 0 atom stereocenters. The fraction of sp³-hybridized carbons (Fsp3) is 0.111. The Hall–Kier alpha value is -2.19. The second-order valence-electron chi connectivity index (χ2n) is 5.10. The predicted molar refractivity (Wildman–Crippen MR) is 86.9 cm³/mol. The van der Waals surface area contributed by atoms with Crippen molar-refractivity contribution in [3.05, 3.63) is 64.8 Å². The van der Waals surface area contributed by atoms with E-state index in [9.17, 15) is 4.79 Å². The molecule has 0 aliphatic rings. The van der Waals surface area contributed by atoms with Gasteiger partial charge in [-0.25, -0.2) is 4.98 Å². The fourth-order valence-corrected chi connectivity index (χ4v) is 2.89. The zero-order valence-electron chi connectivity index (χ0n) is 11.9. The van der Waals surface area contributed by atoms with Crippen LogP contribution >= 0.6 is 11.6 Å². The molecule has 0 fully saturated rings. The minimum absolute atomic E-state index is 0.0743. The standard InChI is InChI=1S/C18H14ClNO/c1-11-8-9-15-14(10-11)17(13-6-4-3-5-7-13)16(12(2)21)18(19)20-15/h3-10H,1-2H3. The average Bonchev–Trinajstić information content (AvgIpc) is 2.47. The lowest BCUT2D eigenvalue weighted by Gasteiger charge is -2.13. The molecule has 0 spiro atoms. The van der Waals surface area contributed by atoms with E-state index < -0.39 is 0 Å². The van der Waals surface area contributed by atoms with Crippen molar-refractivity contribution < 1.29 is 4.79 Å². The number of fused-ring (bicyclic) bond motifs is 1. The molecule has 3 heteroatoms. The number of aromatic nitrogens is 1. The second kappa shape index (κ2) is 5.30. The van der Waals surface area contributed by atoms with Gasteiger partial charge in [0.1, 0.15) is 5.15 Å². The van der Waals surface area contributed by atoms with Crippen LogP contribution < -0.4 is 0 Å². The van der Waals surface area contributed by atoms with E-state index in [1.807, 2.05) is 55.5 Å². The Balaban J connectivity index is 2.50. The molecule has 0 aliphatic heterocycles.